The molecule has 35 heavy (non-hydrogen) atoms. The Bertz CT molecular complexity index is 1210. The first kappa shape index (κ1) is 24.3. The van der Waals surface area contributed by atoms with E-state index in [1.807, 2.05) is 9.80 Å². The quantitative estimate of drug-likeness (QED) is 0.396. The van der Waals surface area contributed by atoms with Crippen LogP contribution in [-0.2, 0) is 17.5 Å². The normalized spacial score (nSPS) is 15.2. The zero-order chi connectivity index (χ0) is 25.0. The minimum atomic E-state index is -4.56. The van der Waals surface area contributed by atoms with Gasteiger partial charge < -0.3 is 9.84 Å². The number of hydrogen-bond donors (Lipinski definition) is 1. The number of nitro groups is 1. The third kappa shape index (κ3) is 6.19. The fourth-order valence-electron chi connectivity index (χ4n) is 3.72. The van der Waals surface area contributed by atoms with E-state index < -0.39 is 22.6 Å². The van der Waals surface area contributed by atoms with Crippen LogP contribution in [0.2, 0.25) is 0 Å². The molecule has 1 N–H and O–H groups in total. The molecule has 1 aromatic heterocycles. The van der Waals surface area contributed by atoms with Crippen molar-refractivity contribution in [2.24, 2.45) is 0 Å². The molecule has 0 spiro atoms. The highest BCUT2D eigenvalue weighted by molar-refractivity contribution is 5.93. The molecule has 1 aliphatic rings. The number of nitrogens with one attached hydrogen (secondary N) is 1. The zero-order valence-electron chi connectivity index (χ0n) is 18.4. The van der Waals surface area contributed by atoms with Crippen molar-refractivity contribution in [3.63, 3.8) is 0 Å². The van der Waals surface area contributed by atoms with E-state index in [0.29, 0.717) is 44.2 Å². The molecule has 184 valence electrons. The summed E-state index contributed by atoms with van der Waals surface area (Å²) in [6.07, 6.45) is -4.56. The molecule has 1 aliphatic heterocycles. The number of nitrogens with zero attached hydrogens (tertiary/aromatic N) is 5. The summed E-state index contributed by atoms with van der Waals surface area (Å²) in [7, 11) is 0. The van der Waals surface area contributed by atoms with Crippen LogP contribution in [0.1, 0.15) is 11.5 Å². The Morgan fingerprint density at radius 2 is 1.80 bits per heavy atom. The number of para-hydroxylation sites is 1. The van der Waals surface area contributed by atoms with Gasteiger partial charge in [0.1, 0.15) is 0 Å². The molecule has 0 aliphatic carbocycles. The maximum atomic E-state index is 13.1. The van der Waals surface area contributed by atoms with Crippen molar-refractivity contribution in [2.75, 3.05) is 38.0 Å². The highest BCUT2D eigenvalue weighted by Crippen LogP contribution is 2.34. The van der Waals surface area contributed by atoms with Crippen molar-refractivity contribution in [3.8, 4) is 11.4 Å². The molecule has 1 amide bonds. The summed E-state index contributed by atoms with van der Waals surface area (Å²) < 4.78 is 44.6. The SMILES string of the molecule is O=C(CN1CCN(Cc2nc(-c3cccc([N+](=O)[O-])c3)no2)CC1)Nc1ccccc1C(F)(F)F. The molecule has 0 bridgehead atoms. The monoisotopic (exact) mass is 490 g/mol. The summed E-state index contributed by atoms with van der Waals surface area (Å²) in [4.78, 5) is 31.0. The number of benzene rings is 2. The van der Waals surface area contributed by atoms with Crippen LogP contribution >= 0.6 is 0 Å². The maximum absolute atomic E-state index is 13.1. The van der Waals surface area contributed by atoms with Crippen molar-refractivity contribution in [1.82, 2.24) is 19.9 Å². The molecule has 2 heterocycles. The van der Waals surface area contributed by atoms with Gasteiger partial charge in [-0.05, 0) is 12.1 Å². The lowest BCUT2D eigenvalue weighted by Gasteiger charge is -2.33. The number of carbonyl (C=O) groups is 1. The molecule has 1 fully saturated rings. The number of anilines is 1. The average Bonchev–Trinajstić information content (AvgIpc) is 3.28. The molecular formula is C22H21F3N6O4. The van der Waals surface area contributed by atoms with Gasteiger partial charge in [0.15, 0.2) is 0 Å². The van der Waals surface area contributed by atoms with Crippen LogP contribution in [0.3, 0.4) is 0 Å². The van der Waals surface area contributed by atoms with Gasteiger partial charge in [0.25, 0.3) is 5.69 Å². The number of piperazine rings is 1. The summed E-state index contributed by atoms with van der Waals surface area (Å²) >= 11 is 0. The van der Waals surface area contributed by atoms with E-state index in [1.165, 1.54) is 30.3 Å². The van der Waals surface area contributed by atoms with Crippen molar-refractivity contribution in [1.29, 1.82) is 0 Å². The lowest BCUT2D eigenvalue weighted by Crippen LogP contribution is -2.48. The van der Waals surface area contributed by atoms with Crippen molar-refractivity contribution < 1.29 is 27.4 Å². The second-order valence-corrected chi connectivity index (χ2v) is 7.96. The number of halogens is 3. The first-order valence-electron chi connectivity index (χ1n) is 10.7. The number of non-ortho nitro benzene ring substituents is 1. The molecule has 4 rings (SSSR count). The molecule has 0 saturated carbocycles. The lowest BCUT2D eigenvalue weighted by atomic mass is 10.1. The van der Waals surface area contributed by atoms with E-state index in [1.54, 1.807) is 12.1 Å². The molecular weight excluding hydrogens is 469 g/mol. The van der Waals surface area contributed by atoms with Crippen LogP contribution in [0.25, 0.3) is 11.4 Å². The van der Waals surface area contributed by atoms with E-state index in [-0.39, 0.29) is 23.7 Å². The minimum absolute atomic E-state index is 0.0302. The van der Waals surface area contributed by atoms with Gasteiger partial charge in [0.05, 0.1) is 29.3 Å². The zero-order valence-corrected chi connectivity index (χ0v) is 18.4. The topological polar surface area (TPSA) is 118 Å². The van der Waals surface area contributed by atoms with E-state index in [2.05, 4.69) is 15.5 Å². The van der Waals surface area contributed by atoms with Crippen LogP contribution in [0.5, 0.6) is 0 Å². The van der Waals surface area contributed by atoms with Crippen LogP contribution in [0.4, 0.5) is 24.5 Å². The first-order valence-corrected chi connectivity index (χ1v) is 10.7. The molecule has 10 nitrogen and oxygen atoms in total. The number of hydrogen-bond acceptors (Lipinski definition) is 8. The average molecular weight is 490 g/mol. The van der Waals surface area contributed by atoms with Crippen LogP contribution < -0.4 is 5.32 Å². The fourth-order valence-corrected chi connectivity index (χ4v) is 3.72. The smallest absolute Gasteiger partial charge is 0.338 e. The third-order valence-corrected chi connectivity index (χ3v) is 5.48. The molecule has 0 unspecified atom stereocenters. The second-order valence-electron chi connectivity index (χ2n) is 7.96. The van der Waals surface area contributed by atoms with Gasteiger partial charge >= 0.3 is 6.18 Å². The van der Waals surface area contributed by atoms with Crippen LogP contribution in [0.15, 0.2) is 53.1 Å². The number of amides is 1. The van der Waals surface area contributed by atoms with Gasteiger partial charge in [-0.25, -0.2) is 0 Å². The summed E-state index contributed by atoms with van der Waals surface area (Å²) in [6.45, 7) is 2.56. The number of nitro benzene ring substituents is 1. The Balaban J connectivity index is 1.27. The first-order chi connectivity index (χ1) is 16.7. The number of aromatic nitrogens is 2. The summed E-state index contributed by atoms with van der Waals surface area (Å²) in [6, 6.07) is 10.8. The fraction of sp³-hybridized carbons (Fsp3) is 0.318. The van der Waals surface area contributed by atoms with Gasteiger partial charge in [0.2, 0.25) is 17.6 Å². The predicted octanol–water partition coefficient (Wildman–Crippen LogP) is 3.42. The Morgan fingerprint density at radius 3 is 2.51 bits per heavy atom. The number of rotatable bonds is 7. The van der Waals surface area contributed by atoms with Gasteiger partial charge in [-0.2, -0.15) is 18.2 Å². The molecule has 0 radical (unpaired) electrons. The highest BCUT2D eigenvalue weighted by Gasteiger charge is 2.33. The molecule has 2 aromatic carbocycles. The predicted molar refractivity (Wildman–Crippen MR) is 118 cm³/mol. The van der Waals surface area contributed by atoms with E-state index in [0.717, 1.165) is 6.07 Å². The summed E-state index contributed by atoms with van der Waals surface area (Å²) in [5, 5.41) is 17.2. The Labute approximate surface area is 197 Å². The number of carbonyl (C=O) groups excluding carboxylic acids is 1. The Morgan fingerprint density at radius 1 is 1.09 bits per heavy atom. The van der Waals surface area contributed by atoms with Crippen molar-refractivity contribution >= 4 is 17.3 Å². The van der Waals surface area contributed by atoms with Gasteiger partial charge in [-0.3, -0.25) is 24.7 Å². The van der Waals surface area contributed by atoms with E-state index >= 15 is 0 Å². The Hall–Kier alpha value is -3.84. The van der Waals surface area contributed by atoms with Gasteiger partial charge in [-0.1, -0.05) is 29.4 Å². The minimum Gasteiger partial charge on any atom is -0.338 e. The molecule has 1 saturated heterocycles. The van der Waals surface area contributed by atoms with Gasteiger partial charge in [-0.15, -0.1) is 0 Å². The highest BCUT2D eigenvalue weighted by atomic mass is 19.4. The largest absolute Gasteiger partial charge is 0.418 e. The van der Waals surface area contributed by atoms with Crippen LogP contribution in [-0.4, -0.2) is 63.5 Å². The second kappa shape index (κ2) is 10.2. The summed E-state index contributed by atoms with van der Waals surface area (Å²) in [5.41, 5.74) is -0.755. The maximum Gasteiger partial charge on any atom is 0.418 e. The van der Waals surface area contributed by atoms with Crippen molar-refractivity contribution in [2.45, 2.75) is 12.7 Å². The van der Waals surface area contributed by atoms with E-state index in [4.69, 9.17) is 4.52 Å². The standard InChI is InChI=1S/C22H21F3N6O4/c23-22(24,25)17-6-1-2-7-18(17)26-19(32)13-29-8-10-30(11-9-29)14-20-27-21(28-35-20)15-4-3-5-16(12-15)31(33)34/h1-7,12H,8-11,13-14H2,(H,26,32). The van der Waals surface area contributed by atoms with E-state index in [9.17, 15) is 28.1 Å². The Kier molecular flexibility index (Phi) is 7.07. The molecule has 0 atom stereocenters. The van der Waals surface area contributed by atoms with Gasteiger partial charge in [0, 0.05) is 43.9 Å². The lowest BCUT2D eigenvalue weighted by molar-refractivity contribution is -0.384. The number of alkyl halides is 3. The molecule has 3 aromatic rings. The van der Waals surface area contributed by atoms with Crippen molar-refractivity contribution in [3.05, 3.63) is 70.1 Å². The third-order valence-electron chi connectivity index (χ3n) is 5.48. The molecule has 13 heteroatoms. The summed E-state index contributed by atoms with van der Waals surface area (Å²) in [5.74, 6) is 0.0771. The van der Waals surface area contributed by atoms with Crippen LogP contribution in [0, 0.1) is 10.1 Å².